The maximum Gasteiger partial charge on any atom is 0.134 e. The summed E-state index contributed by atoms with van der Waals surface area (Å²) in [7, 11) is 0. The minimum absolute atomic E-state index is 0.116. The Morgan fingerprint density at radius 3 is 2.43 bits per heavy atom. The van der Waals surface area contributed by atoms with Crippen LogP contribution in [0.15, 0.2) is 59.0 Å². The summed E-state index contributed by atoms with van der Waals surface area (Å²) in [5.74, 6) is 2.25. The van der Waals surface area contributed by atoms with Crippen LogP contribution in [-0.4, -0.2) is 5.11 Å². The van der Waals surface area contributed by atoms with Gasteiger partial charge in [-0.15, -0.1) is 0 Å². The Morgan fingerprint density at radius 2 is 1.71 bits per heavy atom. The molecule has 1 aromatic heterocycles. The molecule has 1 unspecified atom stereocenters. The lowest BCUT2D eigenvalue weighted by Crippen LogP contribution is -2.03. The van der Waals surface area contributed by atoms with Crippen LogP contribution in [0.3, 0.4) is 0 Å². The van der Waals surface area contributed by atoms with Gasteiger partial charge in [0.05, 0.1) is 0 Å². The van der Waals surface area contributed by atoms with Crippen LogP contribution in [0.4, 0.5) is 0 Å². The van der Waals surface area contributed by atoms with Gasteiger partial charge in [-0.05, 0) is 42.3 Å². The molecule has 0 amide bonds. The fourth-order valence-corrected chi connectivity index (χ4v) is 2.20. The zero-order valence-electron chi connectivity index (χ0n) is 12.1. The SMILES string of the molecule is CC(C)C(O)c1cc2cc(Oc3ccccc3)ccc2o1. The Bertz CT molecular complexity index is 729. The monoisotopic (exact) mass is 282 g/mol. The number of benzene rings is 2. The molecule has 3 heteroatoms. The van der Waals surface area contributed by atoms with E-state index in [1.54, 1.807) is 0 Å². The second-order valence-corrected chi connectivity index (χ2v) is 5.45. The average Bonchev–Trinajstić information content (AvgIpc) is 2.90. The van der Waals surface area contributed by atoms with Gasteiger partial charge in [-0.25, -0.2) is 0 Å². The van der Waals surface area contributed by atoms with Crippen LogP contribution in [0.2, 0.25) is 0 Å². The molecule has 3 nitrogen and oxygen atoms in total. The Balaban J connectivity index is 1.90. The summed E-state index contributed by atoms with van der Waals surface area (Å²) in [6.07, 6.45) is -0.587. The summed E-state index contributed by atoms with van der Waals surface area (Å²) in [6.45, 7) is 3.92. The molecular weight excluding hydrogens is 264 g/mol. The summed E-state index contributed by atoms with van der Waals surface area (Å²) in [5.41, 5.74) is 0.755. The van der Waals surface area contributed by atoms with Crippen LogP contribution in [-0.2, 0) is 0 Å². The second-order valence-electron chi connectivity index (χ2n) is 5.45. The molecule has 3 rings (SSSR count). The highest BCUT2D eigenvalue weighted by molar-refractivity contribution is 5.79. The van der Waals surface area contributed by atoms with E-state index in [9.17, 15) is 5.11 Å². The van der Waals surface area contributed by atoms with Crippen molar-refractivity contribution in [3.8, 4) is 11.5 Å². The Hall–Kier alpha value is -2.26. The van der Waals surface area contributed by atoms with E-state index in [1.165, 1.54) is 0 Å². The van der Waals surface area contributed by atoms with Gasteiger partial charge in [0, 0.05) is 5.39 Å². The van der Waals surface area contributed by atoms with E-state index >= 15 is 0 Å². The molecule has 0 fully saturated rings. The lowest BCUT2D eigenvalue weighted by Gasteiger charge is -2.10. The first-order chi connectivity index (χ1) is 10.1. The first-order valence-corrected chi connectivity index (χ1v) is 7.08. The lowest BCUT2D eigenvalue weighted by molar-refractivity contribution is 0.104. The van der Waals surface area contributed by atoms with Crippen LogP contribution in [0.1, 0.15) is 25.7 Å². The average molecular weight is 282 g/mol. The first-order valence-electron chi connectivity index (χ1n) is 7.08. The molecule has 0 bridgehead atoms. The predicted molar refractivity (Wildman–Crippen MR) is 82.5 cm³/mol. The van der Waals surface area contributed by atoms with Crippen molar-refractivity contribution in [2.24, 2.45) is 5.92 Å². The van der Waals surface area contributed by atoms with Crippen LogP contribution >= 0.6 is 0 Å². The summed E-state index contributed by atoms with van der Waals surface area (Å²) in [6, 6.07) is 17.2. The quantitative estimate of drug-likeness (QED) is 0.739. The van der Waals surface area contributed by atoms with E-state index in [1.807, 2.05) is 68.4 Å². The Morgan fingerprint density at radius 1 is 0.952 bits per heavy atom. The topological polar surface area (TPSA) is 42.6 Å². The van der Waals surface area contributed by atoms with Crippen LogP contribution in [0.25, 0.3) is 11.0 Å². The number of aliphatic hydroxyl groups is 1. The molecule has 3 aromatic rings. The van der Waals surface area contributed by atoms with E-state index in [-0.39, 0.29) is 5.92 Å². The number of fused-ring (bicyclic) bond motifs is 1. The smallest absolute Gasteiger partial charge is 0.134 e. The van der Waals surface area contributed by atoms with E-state index in [0.717, 1.165) is 22.5 Å². The molecule has 1 atom stereocenters. The normalized spacial score (nSPS) is 12.8. The zero-order valence-corrected chi connectivity index (χ0v) is 12.1. The largest absolute Gasteiger partial charge is 0.458 e. The van der Waals surface area contributed by atoms with Crippen molar-refractivity contribution in [3.05, 3.63) is 60.4 Å². The number of aliphatic hydroxyl groups excluding tert-OH is 1. The summed E-state index contributed by atoms with van der Waals surface area (Å²) < 4.78 is 11.5. The number of hydrogen-bond acceptors (Lipinski definition) is 3. The number of rotatable bonds is 4. The summed E-state index contributed by atoms with van der Waals surface area (Å²) in [5, 5.41) is 11.0. The van der Waals surface area contributed by atoms with Gasteiger partial charge < -0.3 is 14.3 Å². The maximum atomic E-state index is 10.1. The molecule has 108 valence electrons. The van der Waals surface area contributed by atoms with Gasteiger partial charge in [0.1, 0.15) is 28.9 Å². The fraction of sp³-hybridized carbons (Fsp3) is 0.222. The molecule has 0 aliphatic heterocycles. The molecule has 0 aliphatic carbocycles. The van der Waals surface area contributed by atoms with Gasteiger partial charge in [-0.1, -0.05) is 32.0 Å². The van der Waals surface area contributed by atoms with Crippen LogP contribution < -0.4 is 4.74 Å². The third kappa shape index (κ3) is 2.93. The number of hydrogen-bond donors (Lipinski definition) is 1. The maximum absolute atomic E-state index is 10.1. The molecule has 0 aliphatic rings. The van der Waals surface area contributed by atoms with Crippen molar-refractivity contribution in [2.45, 2.75) is 20.0 Å². The highest BCUT2D eigenvalue weighted by Gasteiger charge is 2.17. The molecule has 0 radical (unpaired) electrons. The van der Waals surface area contributed by atoms with Crippen molar-refractivity contribution in [1.82, 2.24) is 0 Å². The molecule has 1 N–H and O–H groups in total. The highest BCUT2D eigenvalue weighted by Crippen LogP contribution is 2.31. The van der Waals surface area contributed by atoms with Crippen molar-refractivity contribution < 1.29 is 14.3 Å². The molecule has 0 saturated carbocycles. The Labute approximate surface area is 123 Å². The second kappa shape index (κ2) is 5.62. The molecular formula is C18H18O3. The molecule has 1 heterocycles. The molecule has 0 saturated heterocycles. The number of para-hydroxylation sites is 1. The number of furan rings is 1. The van der Waals surface area contributed by atoms with Crippen molar-refractivity contribution in [3.63, 3.8) is 0 Å². The van der Waals surface area contributed by atoms with Crippen molar-refractivity contribution in [1.29, 1.82) is 0 Å². The van der Waals surface area contributed by atoms with Gasteiger partial charge in [0.25, 0.3) is 0 Å². The van der Waals surface area contributed by atoms with Gasteiger partial charge in [0.15, 0.2) is 0 Å². The van der Waals surface area contributed by atoms with Gasteiger partial charge in [-0.3, -0.25) is 0 Å². The van der Waals surface area contributed by atoms with E-state index in [4.69, 9.17) is 9.15 Å². The summed E-state index contributed by atoms with van der Waals surface area (Å²) >= 11 is 0. The number of ether oxygens (including phenoxy) is 1. The Kier molecular flexibility index (Phi) is 3.67. The van der Waals surface area contributed by atoms with E-state index < -0.39 is 6.10 Å². The van der Waals surface area contributed by atoms with E-state index in [0.29, 0.717) is 5.76 Å². The zero-order chi connectivity index (χ0) is 14.8. The third-order valence-electron chi connectivity index (χ3n) is 3.41. The predicted octanol–water partition coefficient (Wildman–Crippen LogP) is 4.91. The van der Waals surface area contributed by atoms with Crippen LogP contribution in [0, 0.1) is 5.92 Å². The third-order valence-corrected chi connectivity index (χ3v) is 3.41. The molecule has 0 spiro atoms. The first kappa shape index (κ1) is 13.7. The fourth-order valence-electron chi connectivity index (χ4n) is 2.20. The standard InChI is InChI=1S/C18H18O3/c1-12(2)18(19)17-11-13-10-15(8-9-16(13)21-17)20-14-6-4-3-5-7-14/h3-12,18-19H,1-2H3. The highest BCUT2D eigenvalue weighted by atomic mass is 16.5. The van der Waals surface area contributed by atoms with Crippen molar-refractivity contribution in [2.75, 3.05) is 0 Å². The van der Waals surface area contributed by atoms with Gasteiger partial charge in [-0.2, -0.15) is 0 Å². The molecule has 21 heavy (non-hydrogen) atoms. The van der Waals surface area contributed by atoms with Gasteiger partial charge in [0.2, 0.25) is 0 Å². The van der Waals surface area contributed by atoms with Crippen LogP contribution in [0.5, 0.6) is 11.5 Å². The minimum Gasteiger partial charge on any atom is -0.458 e. The van der Waals surface area contributed by atoms with E-state index in [2.05, 4.69) is 0 Å². The minimum atomic E-state index is -0.587. The van der Waals surface area contributed by atoms with Gasteiger partial charge >= 0.3 is 0 Å². The molecule has 2 aromatic carbocycles. The summed E-state index contributed by atoms with van der Waals surface area (Å²) in [4.78, 5) is 0. The van der Waals surface area contributed by atoms with Crippen molar-refractivity contribution >= 4 is 11.0 Å². The lowest BCUT2D eigenvalue weighted by atomic mass is 10.1.